The fraction of sp³-hybridized carbons (Fsp3) is 0.647. The van der Waals surface area contributed by atoms with Gasteiger partial charge in [-0.2, -0.15) is 0 Å². The lowest BCUT2D eigenvalue weighted by molar-refractivity contribution is -0.0405. The van der Waals surface area contributed by atoms with Gasteiger partial charge in [0.1, 0.15) is 0 Å². The van der Waals surface area contributed by atoms with Crippen molar-refractivity contribution >= 4 is 17.3 Å². The molecule has 0 spiro atoms. The van der Waals surface area contributed by atoms with E-state index in [2.05, 4.69) is 11.4 Å². The van der Waals surface area contributed by atoms with Crippen LogP contribution in [0.1, 0.15) is 32.1 Å². The Labute approximate surface area is 126 Å². The molecule has 4 aliphatic carbocycles. The number of nitrogens with one attached hydrogen (secondary N) is 1. The maximum atomic E-state index is 6.28. The highest BCUT2D eigenvalue weighted by atomic mass is 35.5. The topological polar surface area (TPSA) is 38.0 Å². The van der Waals surface area contributed by atoms with Crippen molar-refractivity contribution in [3.63, 3.8) is 0 Å². The van der Waals surface area contributed by atoms with Crippen molar-refractivity contribution in [3.05, 3.63) is 29.3 Å². The molecule has 1 aromatic rings. The first-order valence-electron chi connectivity index (χ1n) is 7.93. The van der Waals surface area contributed by atoms with Crippen LogP contribution in [0.5, 0.6) is 0 Å². The maximum Gasteiger partial charge on any atom is 0.0552 e. The molecule has 0 atom stereocenters. The number of benzene rings is 1. The van der Waals surface area contributed by atoms with Crippen LogP contribution in [0, 0.1) is 23.7 Å². The number of rotatable bonds is 3. The lowest BCUT2D eigenvalue weighted by Crippen LogP contribution is -2.65. The molecule has 4 aliphatic rings. The molecule has 2 nitrogen and oxygen atoms in total. The second kappa shape index (κ2) is 4.64. The van der Waals surface area contributed by atoms with E-state index in [4.69, 9.17) is 17.3 Å². The van der Waals surface area contributed by atoms with Crippen molar-refractivity contribution in [2.45, 2.75) is 37.6 Å². The minimum absolute atomic E-state index is 0.109. The molecular formula is C17H23ClN2. The molecule has 0 amide bonds. The molecule has 0 radical (unpaired) electrons. The van der Waals surface area contributed by atoms with Crippen LogP contribution in [0.15, 0.2) is 24.3 Å². The Bertz CT molecular complexity index is 485. The molecule has 4 bridgehead atoms. The monoisotopic (exact) mass is 290 g/mol. The molecule has 4 saturated carbocycles. The SMILES string of the molecule is NCC1(Nc2cccc(Cl)c2)C2CC3CC(C2)CC1C3. The van der Waals surface area contributed by atoms with Gasteiger partial charge in [-0.25, -0.2) is 0 Å². The van der Waals surface area contributed by atoms with Gasteiger partial charge in [0, 0.05) is 17.3 Å². The molecule has 3 heteroatoms. The van der Waals surface area contributed by atoms with E-state index < -0.39 is 0 Å². The minimum Gasteiger partial charge on any atom is -0.378 e. The van der Waals surface area contributed by atoms with Crippen LogP contribution in [0.3, 0.4) is 0 Å². The van der Waals surface area contributed by atoms with E-state index in [0.717, 1.165) is 40.9 Å². The summed E-state index contributed by atoms with van der Waals surface area (Å²) >= 11 is 6.13. The molecule has 1 aromatic carbocycles. The van der Waals surface area contributed by atoms with Gasteiger partial charge in [-0.05, 0) is 74.0 Å². The van der Waals surface area contributed by atoms with Crippen LogP contribution in [-0.4, -0.2) is 12.1 Å². The van der Waals surface area contributed by atoms with E-state index in [-0.39, 0.29) is 5.54 Å². The van der Waals surface area contributed by atoms with Gasteiger partial charge >= 0.3 is 0 Å². The Hall–Kier alpha value is -0.730. The largest absolute Gasteiger partial charge is 0.378 e. The summed E-state index contributed by atoms with van der Waals surface area (Å²) in [7, 11) is 0. The zero-order chi connectivity index (χ0) is 13.7. The molecule has 108 valence electrons. The number of anilines is 1. The second-order valence-corrected chi connectivity index (χ2v) is 7.62. The van der Waals surface area contributed by atoms with Gasteiger partial charge in [0.25, 0.3) is 0 Å². The van der Waals surface area contributed by atoms with Crippen molar-refractivity contribution in [2.24, 2.45) is 29.4 Å². The predicted molar refractivity (Wildman–Crippen MR) is 83.9 cm³/mol. The number of hydrogen-bond acceptors (Lipinski definition) is 2. The van der Waals surface area contributed by atoms with Gasteiger partial charge in [0.05, 0.1) is 5.54 Å². The third-order valence-electron chi connectivity index (χ3n) is 6.13. The van der Waals surface area contributed by atoms with Crippen LogP contribution in [0.2, 0.25) is 5.02 Å². The highest BCUT2D eigenvalue weighted by Gasteiger charge is 2.56. The van der Waals surface area contributed by atoms with Gasteiger partial charge in [-0.1, -0.05) is 17.7 Å². The number of nitrogens with two attached hydrogens (primary N) is 1. The molecule has 5 rings (SSSR count). The van der Waals surface area contributed by atoms with E-state index in [1.807, 2.05) is 18.2 Å². The fourth-order valence-corrected chi connectivity index (χ4v) is 5.64. The summed E-state index contributed by atoms with van der Waals surface area (Å²) < 4.78 is 0. The average Bonchev–Trinajstić information content (AvgIpc) is 2.42. The Morgan fingerprint density at radius 1 is 1.10 bits per heavy atom. The summed E-state index contributed by atoms with van der Waals surface area (Å²) in [5.74, 6) is 3.45. The standard InChI is InChI=1S/C17H23ClN2/c18-15-2-1-3-16(9-15)20-17(10-19)13-5-11-4-12(7-13)8-14(17)6-11/h1-3,9,11-14,20H,4-8,10,19H2. The van der Waals surface area contributed by atoms with Crippen LogP contribution >= 0.6 is 11.6 Å². The van der Waals surface area contributed by atoms with E-state index in [1.54, 1.807) is 0 Å². The highest BCUT2D eigenvalue weighted by Crippen LogP contribution is 2.58. The fourth-order valence-electron chi connectivity index (χ4n) is 5.45. The molecule has 0 aliphatic heterocycles. The minimum atomic E-state index is 0.109. The molecule has 0 aromatic heterocycles. The summed E-state index contributed by atoms with van der Waals surface area (Å²) in [5.41, 5.74) is 7.52. The van der Waals surface area contributed by atoms with Gasteiger partial charge in [0.15, 0.2) is 0 Å². The van der Waals surface area contributed by atoms with E-state index >= 15 is 0 Å². The van der Waals surface area contributed by atoms with Crippen molar-refractivity contribution in [1.82, 2.24) is 0 Å². The van der Waals surface area contributed by atoms with Crippen LogP contribution < -0.4 is 11.1 Å². The molecule has 4 fully saturated rings. The normalized spacial score (nSPS) is 41.9. The first-order chi connectivity index (χ1) is 9.69. The molecule has 20 heavy (non-hydrogen) atoms. The third kappa shape index (κ3) is 1.88. The first kappa shape index (κ1) is 13.0. The van der Waals surface area contributed by atoms with Crippen LogP contribution in [0.25, 0.3) is 0 Å². The summed E-state index contributed by atoms with van der Waals surface area (Å²) in [6.45, 7) is 0.744. The van der Waals surface area contributed by atoms with Crippen molar-refractivity contribution in [3.8, 4) is 0 Å². The maximum absolute atomic E-state index is 6.28. The lowest BCUT2D eigenvalue weighted by Gasteiger charge is -2.61. The highest BCUT2D eigenvalue weighted by molar-refractivity contribution is 6.30. The molecular weight excluding hydrogens is 268 g/mol. The number of halogens is 1. The summed E-state index contributed by atoms with van der Waals surface area (Å²) in [5, 5.41) is 4.62. The smallest absolute Gasteiger partial charge is 0.0552 e. The second-order valence-electron chi connectivity index (χ2n) is 7.18. The summed E-state index contributed by atoms with van der Waals surface area (Å²) in [4.78, 5) is 0. The molecule has 0 heterocycles. The first-order valence-corrected chi connectivity index (χ1v) is 8.31. The quantitative estimate of drug-likeness (QED) is 0.886. The average molecular weight is 291 g/mol. The van der Waals surface area contributed by atoms with E-state index in [9.17, 15) is 0 Å². The Morgan fingerprint density at radius 3 is 2.30 bits per heavy atom. The molecule has 3 N–H and O–H groups in total. The van der Waals surface area contributed by atoms with Gasteiger partial charge in [-0.15, -0.1) is 0 Å². The zero-order valence-corrected chi connectivity index (χ0v) is 12.6. The van der Waals surface area contributed by atoms with Gasteiger partial charge in [0.2, 0.25) is 0 Å². The molecule has 0 saturated heterocycles. The zero-order valence-electron chi connectivity index (χ0n) is 11.8. The Balaban J connectivity index is 1.66. The van der Waals surface area contributed by atoms with Crippen LogP contribution in [0.4, 0.5) is 5.69 Å². The van der Waals surface area contributed by atoms with E-state index in [1.165, 1.54) is 32.1 Å². The van der Waals surface area contributed by atoms with Gasteiger partial charge in [-0.3, -0.25) is 0 Å². The molecule has 0 unspecified atom stereocenters. The Kier molecular flexibility index (Phi) is 3.01. The Morgan fingerprint density at radius 2 is 1.75 bits per heavy atom. The summed E-state index contributed by atoms with van der Waals surface area (Å²) in [6, 6.07) is 8.10. The lowest BCUT2D eigenvalue weighted by atomic mass is 9.48. The van der Waals surface area contributed by atoms with E-state index in [0.29, 0.717) is 0 Å². The third-order valence-corrected chi connectivity index (χ3v) is 6.37. The van der Waals surface area contributed by atoms with Crippen molar-refractivity contribution in [1.29, 1.82) is 0 Å². The predicted octanol–water partition coefficient (Wildman–Crippen LogP) is 3.91. The summed E-state index contributed by atoms with van der Waals surface area (Å²) in [6.07, 6.45) is 6.97. The van der Waals surface area contributed by atoms with Crippen molar-refractivity contribution in [2.75, 3.05) is 11.9 Å². The van der Waals surface area contributed by atoms with Gasteiger partial charge < -0.3 is 11.1 Å². The van der Waals surface area contributed by atoms with Crippen molar-refractivity contribution < 1.29 is 0 Å². The van der Waals surface area contributed by atoms with Crippen LogP contribution in [-0.2, 0) is 0 Å². The number of hydrogen-bond donors (Lipinski definition) is 2.